The molecule has 0 saturated carbocycles. The average molecular weight is 221 g/mol. The predicted molar refractivity (Wildman–Crippen MR) is 56.0 cm³/mol. The van der Waals surface area contributed by atoms with E-state index in [9.17, 15) is 13.5 Å². The molecule has 1 aliphatic rings. The Morgan fingerprint density at radius 1 is 1.36 bits per heavy atom. The summed E-state index contributed by atoms with van der Waals surface area (Å²) in [6.07, 6.45) is -0.393. The number of hydrogen-bond donors (Lipinski definition) is 1. The maximum atomic E-state index is 11.7. The zero-order chi connectivity index (χ0) is 10.9. The summed E-state index contributed by atoms with van der Waals surface area (Å²) in [7, 11) is -2.93. The number of rotatable bonds is 2. The van der Waals surface area contributed by atoms with Crippen LogP contribution in [0.2, 0.25) is 0 Å². The van der Waals surface area contributed by atoms with E-state index in [4.69, 9.17) is 0 Å². The summed E-state index contributed by atoms with van der Waals surface area (Å²) >= 11 is 0. The van der Waals surface area contributed by atoms with E-state index in [2.05, 4.69) is 0 Å². The third kappa shape index (κ3) is 2.46. The molecule has 0 radical (unpaired) electrons. The van der Waals surface area contributed by atoms with E-state index in [0.29, 0.717) is 19.6 Å². The van der Waals surface area contributed by atoms with Crippen LogP contribution >= 0.6 is 0 Å². The number of nitrogens with zero attached hydrogens (tertiary/aromatic N) is 1. The van der Waals surface area contributed by atoms with E-state index in [0.717, 1.165) is 0 Å². The lowest BCUT2D eigenvalue weighted by Crippen LogP contribution is -2.51. The first-order valence-corrected chi connectivity index (χ1v) is 6.58. The van der Waals surface area contributed by atoms with Crippen molar-refractivity contribution in [2.75, 3.05) is 19.6 Å². The highest BCUT2D eigenvalue weighted by atomic mass is 32.2. The van der Waals surface area contributed by atoms with Crippen LogP contribution < -0.4 is 0 Å². The maximum Gasteiger partial charge on any atom is 0.157 e. The van der Waals surface area contributed by atoms with Crippen molar-refractivity contribution >= 4 is 9.84 Å². The van der Waals surface area contributed by atoms with Crippen molar-refractivity contribution in [3.8, 4) is 0 Å². The van der Waals surface area contributed by atoms with Gasteiger partial charge in [-0.1, -0.05) is 0 Å². The fourth-order valence-electron chi connectivity index (χ4n) is 1.93. The highest BCUT2D eigenvalue weighted by Crippen LogP contribution is 2.18. The monoisotopic (exact) mass is 221 g/mol. The molecule has 0 amide bonds. The fourth-order valence-corrected chi connectivity index (χ4v) is 3.56. The molecule has 1 rings (SSSR count). The first-order valence-electron chi connectivity index (χ1n) is 4.97. The zero-order valence-corrected chi connectivity index (χ0v) is 9.79. The molecule has 14 heavy (non-hydrogen) atoms. The Morgan fingerprint density at radius 3 is 2.14 bits per heavy atom. The Balaban J connectivity index is 2.66. The third-order valence-electron chi connectivity index (χ3n) is 2.67. The molecule has 5 heteroatoms. The van der Waals surface area contributed by atoms with Crippen LogP contribution in [0, 0.1) is 0 Å². The predicted octanol–water partition coefficient (Wildman–Crippen LogP) is -0.125. The number of β-amino-alcohol motifs (C(OH)–C–C–N with tert-alkyl or cyclic N) is 1. The van der Waals surface area contributed by atoms with Gasteiger partial charge in [-0.05, 0) is 20.8 Å². The summed E-state index contributed by atoms with van der Waals surface area (Å²) in [6, 6.07) is 0. The molecular weight excluding hydrogens is 202 g/mol. The standard InChI is InChI=1S/C9H19NO3S/c1-7(11)4-10-5-8(2)14(12,13)9(3)6-10/h7-9,11H,4-6H2,1-3H3/t7-,8?,9?/m0/s1. The second kappa shape index (κ2) is 4.16. The van der Waals surface area contributed by atoms with Gasteiger partial charge in [0.05, 0.1) is 16.6 Å². The van der Waals surface area contributed by atoms with Crippen molar-refractivity contribution < 1.29 is 13.5 Å². The van der Waals surface area contributed by atoms with Gasteiger partial charge in [0.25, 0.3) is 0 Å². The van der Waals surface area contributed by atoms with E-state index in [1.807, 2.05) is 4.90 Å². The van der Waals surface area contributed by atoms with Gasteiger partial charge in [-0.3, -0.25) is 4.90 Å². The van der Waals surface area contributed by atoms with Crippen molar-refractivity contribution in [2.24, 2.45) is 0 Å². The summed E-state index contributed by atoms with van der Waals surface area (Å²) in [5.41, 5.74) is 0. The van der Waals surface area contributed by atoms with Crippen LogP contribution in [0.4, 0.5) is 0 Å². The van der Waals surface area contributed by atoms with E-state index >= 15 is 0 Å². The molecule has 3 atom stereocenters. The van der Waals surface area contributed by atoms with Crippen molar-refractivity contribution in [3.63, 3.8) is 0 Å². The quantitative estimate of drug-likeness (QED) is 0.706. The first kappa shape index (κ1) is 11.9. The van der Waals surface area contributed by atoms with Crippen LogP contribution in [0.1, 0.15) is 20.8 Å². The van der Waals surface area contributed by atoms with Gasteiger partial charge in [-0.15, -0.1) is 0 Å². The van der Waals surface area contributed by atoms with E-state index in [-0.39, 0.29) is 10.5 Å². The lowest BCUT2D eigenvalue weighted by molar-refractivity contribution is 0.123. The van der Waals surface area contributed by atoms with Gasteiger partial charge in [0.2, 0.25) is 0 Å². The molecule has 1 heterocycles. The van der Waals surface area contributed by atoms with E-state index in [1.165, 1.54) is 0 Å². The lowest BCUT2D eigenvalue weighted by Gasteiger charge is -2.35. The number of aliphatic hydroxyl groups excluding tert-OH is 1. The Morgan fingerprint density at radius 2 is 1.79 bits per heavy atom. The van der Waals surface area contributed by atoms with Gasteiger partial charge in [-0.25, -0.2) is 8.42 Å². The molecule has 1 aliphatic heterocycles. The number of aliphatic hydroxyl groups is 1. The van der Waals surface area contributed by atoms with Gasteiger partial charge >= 0.3 is 0 Å². The minimum atomic E-state index is -2.93. The Kier molecular flexibility index (Phi) is 3.55. The van der Waals surface area contributed by atoms with Gasteiger partial charge in [0, 0.05) is 19.6 Å². The first-order chi connectivity index (χ1) is 6.34. The number of sulfone groups is 1. The molecule has 0 bridgehead atoms. The summed E-state index contributed by atoms with van der Waals surface area (Å²) < 4.78 is 23.3. The molecule has 0 spiro atoms. The minimum Gasteiger partial charge on any atom is -0.392 e. The van der Waals surface area contributed by atoms with Crippen LogP contribution in [-0.2, 0) is 9.84 Å². The van der Waals surface area contributed by atoms with Crippen LogP contribution in [0.5, 0.6) is 0 Å². The van der Waals surface area contributed by atoms with E-state index < -0.39 is 15.9 Å². The van der Waals surface area contributed by atoms with Crippen molar-refractivity contribution in [1.29, 1.82) is 0 Å². The molecule has 0 aromatic heterocycles. The molecule has 1 saturated heterocycles. The van der Waals surface area contributed by atoms with Crippen LogP contribution in [0.3, 0.4) is 0 Å². The van der Waals surface area contributed by atoms with Gasteiger partial charge < -0.3 is 5.11 Å². The third-order valence-corrected chi connectivity index (χ3v) is 5.22. The molecule has 0 aromatic rings. The van der Waals surface area contributed by atoms with Crippen LogP contribution in [-0.4, -0.2) is 54.7 Å². The fraction of sp³-hybridized carbons (Fsp3) is 1.00. The summed E-state index contributed by atoms with van der Waals surface area (Å²) in [4.78, 5) is 2.01. The smallest absolute Gasteiger partial charge is 0.157 e. The Hall–Kier alpha value is -0.130. The maximum absolute atomic E-state index is 11.7. The molecular formula is C9H19NO3S. The molecule has 1 fully saturated rings. The van der Waals surface area contributed by atoms with E-state index in [1.54, 1.807) is 20.8 Å². The summed E-state index contributed by atoms with van der Waals surface area (Å²) in [5, 5.41) is 8.59. The van der Waals surface area contributed by atoms with Gasteiger partial charge in [-0.2, -0.15) is 0 Å². The second-order valence-corrected chi connectivity index (χ2v) is 7.07. The summed E-state index contributed by atoms with van der Waals surface area (Å²) in [6.45, 7) is 6.83. The number of hydrogen-bond acceptors (Lipinski definition) is 4. The molecule has 84 valence electrons. The molecule has 1 N–H and O–H groups in total. The highest BCUT2D eigenvalue weighted by Gasteiger charge is 2.35. The Labute approximate surface area is 85.8 Å². The largest absolute Gasteiger partial charge is 0.392 e. The highest BCUT2D eigenvalue weighted by molar-refractivity contribution is 7.92. The minimum absolute atomic E-state index is 0.315. The van der Waals surface area contributed by atoms with Gasteiger partial charge in [0.1, 0.15) is 0 Å². The SMILES string of the molecule is CC1CN(C[C@H](C)O)CC(C)S1(=O)=O. The van der Waals surface area contributed by atoms with Crippen molar-refractivity contribution in [2.45, 2.75) is 37.4 Å². The zero-order valence-electron chi connectivity index (χ0n) is 8.97. The molecule has 0 aliphatic carbocycles. The molecule has 4 nitrogen and oxygen atoms in total. The normalized spacial score (nSPS) is 35.4. The van der Waals surface area contributed by atoms with Gasteiger partial charge in [0.15, 0.2) is 9.84 Å². The van der Waals surface area contributed by atoms with Crippen LogP contribution in [0.15, 0.2) is 0 Å². The molecule has 0 aromatic carbocycles. The van der Waals surface area contributed by atoms with Crippen LogP contribution in [0.25, 0.3) is 0 Å². The van der Waals surface area contributed by atoms with Crippen molar-refractivity contribution in [1.82, 2.24) is 4.90 Å². The summed E-state index contributed by atoms with van der Waals surface area (Å²) in [5.74, 6) is 0. The molecule has 2 unspecified atom stereocenters. The lowest BCUT2D eigenvalue weighted by atomic mass is 10.3. The second-order valence-electron chi connectivity index (χ2n) is 4.28. The Bertz CT molecular complexity index is 268. The average Bonchev–Trinajstić information content (AvgIpc) is 1.99. The topological polar surface area (TPSA) is 57.6 Å². The van der Waals surface area contributed by atoms with Crippen molar-refractivity contribution in [3.05, 3.63) is 0 Å².